The van der Waals surface area contributed by atoms with E-state index in [2.05, 4.69) is 15.7 Å². The first-order chi connectivity index (χ1) is 16.0. The molecule has 12 heteroatoms. The van der Waals surface area contributed by atoms with Gasteiger partial charge in [-0.3, -0.25) is 14.3 Å². The lowest BCUT2D eigenvalue weighted by Crippen LogP contribution is -2.70. The quantitative estimate of drug-likeness (QED) is 0.542. The fourth-order valence-electron chi connectivity index (χ4n) is 4.81. The zero-order valence-electron chi connectivity index (χ0n) is 18.3. The zero-order valence-corrected chi connectivity index (χ0v) is 19.0. The topological polar surface area (TPSA) is 105 Å². The Balaban J connectivity index is 1.36. The summed E-state index contributed by atoms with van der Waals surface area (Å²) in [6.45, 7) is -0.340. The summed E-state index contributed by atoms with van der Waals surface area (Å²) in [5, 5.41) is 20.2. The maximum absolute atomic E-state index is 13.5. The van der Waals surface area contributed by atoms with Crippen molar-refractivity contribution in [2.75, 3.05) is 6.61 Å². The van der Waals surface area contributed by atoms with E-state index < -0.39 is 46.9 Å². The fourth-order valence-corrected chi connectivity index (χ4v) is 4.93. The summed E-state index contributed by atoms with van der Waals surface area (Å²) in [6.07, 6.45) is -1.76. The second-order valence-corrected chi connectivity index (χ2v) is 9.31. The molecule has 1 heterocycles. The number of nitrogens with one attached hydrogen (secondary N) is 2. The lowest BCUT2D eigenvalue weighted by atomic mass is 9.60. The summed E-state index contributed by atoms with van der Waals surface area (Å²) >= 11 is 5.63. The second kappa shape index (κ2) is 9.10. The molecule has 34 heavy (non-hydrogen) atoms. The number of hydrogen-bond acceptors (Lipinski definition) is 5. The molecule has 3 aliphatic rings. The number of halogens is 4. The fraction of sp³-hybridized carbons (Fsp3) is 0.500. The summed E-state index contributed by atoms with van der Waals surface area (Å²) in [4.78, 5) is 25.3. The Morgan fingerprint density at radius 3 is 2.56 bits per heavy atom. The summed E-state index contributed by atoms with van der Waals surface area (Å²) in [7, 11) is 1.40. The number of aliphatic hydroxyl groups is 1. The lowest BCUT2D eigenvalue weighted by Gasteiger charge is -2.56. The van der Waals surface area contributed by atoms with Gasteiger partial charge in [0.05, 0.1) is 16.7 Å². The number of alkyl halides is 2. The van der Waals surface area contributed by atoms with Gasteiger partial charge in [0.1, 0.15) is 23.0 Å². The molecule has 0 aliphatic heterocycles. The molecule has 3 aliphatic carbocycles. The van der Waals surface area contributed by atoms with E-state index in [4.69, 9.17) is 16.3 Å². The average Bonchev–Trinajstić information content (AvgIpc) is 3.18. The highest BCUT2D eigenvalue weighted by molar-refractivity contribution is 6.30. The number of nitrogens with zero attached hydrogens (tertiary/aromatic N) is 2. The average molecular weight is 501 g/mol. The SMILES string of the molecule is Cn1nc(C(F)F)cc1C(=O)NC12CCC(NC(=O)COc3ccc(Cl)c(F)c3)(CC1)CC2O. The van der Waals surface area contributed by atoms with Crippen LogP contribution in [0.3, 0.4) is 0 Å². The molecule has 184 valence electrons. The standard InChI is InChI=1S/C22H24ClF3N4O4/c1-30-16(9-15(29-30)19(25)26)20(33)28-22-6-4-21(5-7-22,10-17(22)31)27-18(32)11-34-12-2-3-13(23)14(24)8-12/h2-3,8-9,17,19,31H,4-7,10-11H2,1H3,(H,27,32)(H,28,33). The minimum Gasteiger partial charge on any atom is -0.484 e. The predicted octanol–water partition coefficient (Wildman–Crippen LogP) is 2.89. The molecule has 2 bridgehead atoms. The van der Waals surface area contributed by atoms with E-state index in [0.717, 1.165) is 16.8 Å². The number of ether oxygens (including phenoxy) is 1. The minimum atomic E-state index is -2.80. The van der Waals surface area contributed by atoms with Gasteiger partial charge in [0, 0.05) is 18.7 Å². The van der Waals surface area contributed by atoms with Crippen LogP contribution in [0, 0.1) is 5.82 Å². The van der Waals surface area contributed by atoms with E-state index in [1.165, 1.54) is 19.2 Å². The molecule has 8 nitrogen and oxygen atoms in total. The van der Waals surface area contributed by atoms with Gasteiger partial charge in [0.2, 0.25) is 0 Å². The van der Waals surface area contributed by atoms with Crippen molar-refractivity contribution in [2.45, 2.75) is 55.7 Å². The Morgan fingerprint density at radius 1 is 1.26 bits per heavy atom. The van der Waals surface area contributed by atoms with Crippen molar-refractivity contribution in [3.8, 4) is 5.75 Å². The van der Waals surface area contributed by atoms with E-state index in [9.17, 15) is 27.9 Å². The van der Waals surface area contributed by atoms with Crippen LogP contribution in [0.5, 0.6) is 5.75 Å². The number of aryl methyl sites for hydroxylation is 1. The highest BCUT2D eigenvalue weighted by atomic mass is 35.5. The van der Waals surface area contributed by atoms with E-state index in [-0.39, 0.29) is 29.5 Å². The number of aliphatic hydroxyl groups excluding tert-OH is 1. The summed E-state index contributed by atoms with van der Waals surface area (Å²) in [5.41, 5.74) is -2.10. The molecule has 0 spiro atoms. The van der Waals surface area contributed by atoms with Crippen molar-refractivity contribution < 1.29 is 32.6 Å². The first kappa shape index (κ1) is 24.3. The first-order valence-corrected chi connectivity index (χ1v) is 11.1. The van der Waals surface area contributed by atoms with Gasteiger partial charge in [-0.1, -0.05) is 11.6 Å². The highest BCUT2D eigenvalue weighted by Crippen LogP contribution is 2.47. The third-order valence-corrected chi connectivity index (χ3v) is 7.01. The number of carbonyl (C=O) groups is 2. The molecule has 5 rings (SSSR count). The number of rotatable bonds is 7. The van der Waals surface area contributed by atoms with Gasteiger partial charge in [-0.25, -0.2) is 13.2 Å². The largest absolute Gasteiger partial charge is 0.484 e. The van der Waals surface area contributed by atoms with Crippen molar-refractivity contribution in [2.24, 2.45) is 7.05 Å². The molecule has 3 N–H and O–H groups in total. The van der Waals surface area contributed by atoms with Crippen LogP contribution in [0.4, 0.5) is 13.2 Å². The maximum Gasteiger partial charge on any atom is 0.282 e. The van der Waals surface area contributed by atoms with E-state index >= 15 is 0 Å². The number of aromatic nitrogens is 2. The monoisotopic (exact) mass is 500 g/mol. The smallest absolute Gasteiger partial charge is 0.282 e. The Bertz CT molecular complexity index is 1100. The van der Waals surface area contributed by atoms with Crippen LogP contribution in [0.2, 0.25) is 5.02 Å². The predicted molar refractivity (Wildman–Crippen MR) is 115 cm³/mol. The van der Waals surface area contributed by atoms with E-state index in [1.807, 2.05) is 0 Å². The number of benzene rings is 1. The van der Waals surface area contributed by atoms with Crippen LogP contribution in [0.25, 0.3) is 0 Å². The van der Waals surface area contributed by atoms with Crippen molar-refractivity contribution in [3.05, 3.63) is 46.5 Å². The first-order valence-electron chi connectivity index (χ1n) is 10.7. The van der Waals surface area contributed by atoms with Crippen molar-refractivity contribution in [1.82, 2.24) is 20.4 Å². The van der Waals surface area contributed by atoms with Gasteiger partial charge in [-0.2, -0.15) is 5.10 Å². The minimum absolute atomic E-state index is 0.0247. The van der Waals surface area contributed by atoms with Gasteiger partial charge in [0.15, 0.2) is 6.61 Å². The van der Waals surface area contributed by atoms with Crippen LogP contribution < -0.4 is 15.4 Å². The third kappa shape index (κ3) is 4.72. The van der Waals surface area contributed by atoms with E-state index in [1.54, 1.807) is 0 Å². The Labute approximate surface area is 198 Å². The van der Waals surface area contributed by atoms with Gasteiger partial charge in [0.25, 0.3) is 18.2 Å². The van der Waals surface area contributed by atoms with Crippen molar-refractivity contribution in [1.29, 1.82) is 0 Å². The third-order valence-electron chi connectivity index (χ3n) is 6.70. The molecule has 2 aromatic rings. The molecule has 3 saturated carbocycles. The summed E-state index contributed by atoms with van der Waals surface area (Å²) < 4.78 is 45.8. The molecular formula is C22H24ClF3N4O4. The Kier molecular flexibility index (Phi) is 6.52. The van der Waals surface area contributed by atoms with Gasteiger partial charge >= 0.3 is 0 Å². The van der Waals surface area contributed by atoms with Crippen LogP contribution >= 0.6 is 11.6 Å². The molecule has 0 radical (unpaired) electrons. The maximum atomic E-state index is 13.5. The van der Waals surface area contributed by atoms with E-state index in [0.29, 0.717) is 25.7 Å². The van der Waals surface area contributed by atoms with Crippen LogP contribution in [-0.2, 0) is 11.8 Å². The van der Waals surface area contributed by atoms with Crippen molar-refractivity contribution in [3.63, 3.8) is 0 Å². The number of amides is 2. The van der Waals surface area contributed by atoms with Gasteiger partial charge in [-0.15, -0.1) is 0 Å². The van der Waals surface area contributed by atoms with Crippen molar-refractivity contribution >= 4 is 23.4 Å². The number of fused-ring (bicyclic) bond motifs is 3. The van der Waals surface area contributed by atoms with Crippen LogP contribution in [0.1, 0.15) is 54.7 Å². The molecular weight excluding hydrogens is 477 g/mol. The molecule has 2 amide bonds. The molecule has 1 aromatic carbocycles. The summed E-state index contributed by atoms with van der Waals surface area (Å²) in [6, 6.07) is 4.90. The molecule has 1 aromatic heterocycles. The van der Waals surface area contributed by atoms with Crippen LogP contribution in [0.15, 0.2) is 24.3 Å². The molecule has 0 saturated heterocycles. The Hall–Kier alpha value is -2.79. The Morgan fingerprint density at radius 2 is 1.97 bits per heavy atom. The number of hydrogen-bond donors (Lipinski definition) is 3. The molecule has 1 atom stereocenters. The van der Waals surface area contributed by atoms with Crippen LogP contribution in [-0.4, -0.2) is 50.5 Å². The van der Waals surface area contributed by atoms with Gasteiger partial charge in [-0.05, 0) is 50.3 Å². The lowest BCUT2D eigenvalue weighted by molar-refractivity contribution is -0.129. The number of carbonyl (C=O) groups excluding carboxylic acids is 2. The second-order valence-electron chi connectivity index (χ2n) is 8.90. The highest BCUT2D eigenvalue weighted by Gasteiger charge is 2.55. The zero-order chi connectivity index (χ0) is 24.7. The summed E-state index contributed by atoms with van der Waals surface area (Å²) in [5.74, 6) is -1.51. The van der Waals surface area contributed by atoms with Gasteiger partial charge < -0.3 is 20.5 Å². The molecule has 1 unspecified atom stereocenters. The molecule has 3 fully saturated rings. The normalized spacial score (nSPS) is 25.9.